The van der Waals surface area contributed by atoms with Crippen LogP contribution in [0.4, 0.5) is 0 Å². The molecule has 0 bridgehead atoms. The molecule has 0 spiro atoms. The number of nitrogens with one attached hydrogen (secondary N) is 1. The van der Waals surface area contributed by atoms with Crippen molar-refractivity contribution < 1.29 is 0 Å². The van der Waals surface area contributed by atoms with Gasteiger partial charge in [-0.15, -0.1) is 0 Å². The molecule has 1 N–H and O–H groups in total. The van der Waals surface area contributed by atoms with Crippen LogP contribution in [0.5, 0.6) is 0 Å². The molecule has 1 saturated carbocycles. The second-order valence-corrected chi connectivity index (χ2v) is 4.93. The van der Waals surface area contributed by atoms with Gasteiger partial charge in [-0.05, 0) is 49.1 Å². The predicted octanol–water partition coefficient (Wildman–Crippen LogP) is 3.85. The van der Waals surface area contributed by atoms with E-state index < -0.39 is 0 Å². The van der Waals surface area contributed by atoms with Gasteiger partial charge in [0.15, 0.2) is 0 Å². The summed E-state index contributed by atoms with van der Waals surface area (Å²) in [6.45, 7) is 3.18. The van der Waals surface area contributed by atoms with Gasteiger partial charge in [0.2, 0.25) is 0 Å². The van der Waals surface area contributed by atoms with Crippen molar-refractivity contribution in [3.63, 3.8) is 0 Å². The van der Waals surface area contributed by atoms with Crippen molar-refractivity contribution in [3.8, 4) is 0 Å². The Bertz CT molecular complexity index is 345. The fourth-order valence-electron chi connectivity index (χ4n) is 2.15. The first-order chi connectivity index (χ1) is 7.20. The topological polar surface area (TPSA) is 12.0 Å². The molecule has 0 aliphatic heterocycles. The molecule has 2 rings (SSSR count). The van der Waals surface area contributed by atoms with Gasteiger partial charge < -0.3 is 5.32 Å². The summed E-state index contributed by atoms with van der Waals surface area (Å²) < 4.78 is 0. The minimum atomic E-state index is 0.584. The summed E-state index contributed by atoms with van der Waals surface area (Å²) in [4.78, 5) is 0. The average Bonchev–Trinajstić information content (AvgIpc) is 2.15. The minimum absolute atomic E-state index is 0.584. The van der Waals surface area contributed by atoms with Crippen molar-refractivity contribution in [1.29, 1.82) is 0 Å². The second-order valence-electron chi connectivity index (χ2n) is 4.09. The Morgan fingerprint density at radius 2 is 2.07 bits per heavy atom. The largest absolute Gasteiger partial charge is 0.314 e. The first kappa shape index (κ1) is 11.3. The van der Waals surface area contributed by atoms with E-state index in [1.165, 1.54) is 18.4 Å². The number of halogens is 2. The maximum absolute atomic E-state index is 6.15. The van der Waals surface area contributed by atoms with Crippen molar-refractivity contribution in [2.45, 2.75) is 31.7 Å². The summed E-state index contributed by atoms with van der Waals surface area (Å²) in [7, 11) is 0. The van der Waals surface area contributed by atoms with E-state index in [1.807, 2.05) is 18.2 Å². The molecule has 1 nitrogen and oxygen atoms in total. The van der Waals surface area contributed by atoms with Gasteiger partial charge in [0.05, 0.1) is 0 Å². The molecule has 0 aromatic heterocycles. The lowest BCUT2D eigenvalue weighted by Gasteiger charge is -2.36. The lowest BCUT2D eigenvalue weighted by Crippen LogP contribution is -2.39. The smallest absolute Gasteiger partial charge is 0.0441 e. The fourth-order valence-corrected chi connectivity index (χ4v) is 2.61. The van der Waals surface area contributed by atoms with Crippen LogP contribution in [0.1, 0.15) is 31.2 Å². The van der Waals surface area contributed by atoms with Crippen molar-refractivity contribution in [2.24, 2.45) is 0 Å². The van der Waals surface area contributed by atoms with E-state index in [-0.39, 0.29) is 0 Å². The average molecular weight is 244 g/mol. The molecule has 3 heteroatoms. The normalized spacial score (nSPS) is 25.0. The van der Waals surface area contributed by atoms with Crippen molar-refractivity contribution >= 4 is 23.2 Å². The Labute approximate surface area is 101 Å². The molecule has 0 saturated heterocycles. The first-order valence-electron chi connectivity index (χ1n) is 5.39. The van der Waals surface area contributed by atoms with Gasteiger partial charge in [0, 0.05) is 16.1 Å². The molecule has 0 amide bonds. The standard InChI is InChI=1S/C12H15Cl2N/c1-2-15-10-5-8(6-10)11-7-9(13)3-4-12(11)14/h3-4,7-8,10,15H,2,5-6H2,1H3. The van der Waals surface area contributed by atoms with E-state index in [1.54, 1.807) is 0 Å². The van der Waals surface area contributed by atoms with E-state index >= 15 is 0 Å². The van der Waals surface area contributed by atoms with Gasteiger partial charge in [0.25, 0.3) is 0 Å². The number of hydrogen-bond donors (Lipinski definition) is 1. The van der Waals surface area contributed by atoms with Crippen LogP contribution in [0, 0.1) is 0 Å². The zero-order valence-electron chi connectivity index (χ0n) is 8.76. The highest BCUT2D eigenvalue weighted by molar-refractivity contribution is 6.33. The lowest BCUT2D eigenvalue weighted by molar-refractivity contribution is 0.296. The molecule has 1 aromatic rings. The van der Waals surface area contributed by atoms with Crippen LogP contribution in [0.25, 0.3) is 0 Å². The van der Waals surface area contributed by atoms with E-state index in [4.69, 9.17) is 23.2 Å². The Hall–Kier alpha value is -0.240. The van der Waals surface area contributed by atoms with Crippen LogP contribution in [0.15, 0.2) is 18.2 Å². The third-order valence-electron chi connectivity index (χ3n) is 3.03. The van der Waals surface area contributed by atoms with Crippen LogP contribution in [0.3, 0.4) is 0 Å². The maximum Gasteiger partial charge on any atom is 0.0441 e. The van der Waals surface area contributed by atoms with Gasteiger partial charge in [-0.1, -0.05) is 30.1 Å². The zero-order valence-corrected chi connectivity index (χ0v) is 10.3. The SMILES string of the molecule is CCNC1CC(c2cc(Cl)ccc2Cl)C1. The van der Waals surface area contributed by atoms with Gasteiger partial charge >= 0.3 is 0 Å². The molecule has 0 heterocycles. The Morgan fingerprint density at radius 1 is 1.33 bits per heavy atom. The molecule has 0 atom stereocenters. The van der Waals surface area contributed by atoms with Crippen molar-refractivity contribution in [1.82, 2.24) is 5.32 Å². The summed E-state index contributed by atoms with van der Waals surface area (Å²) in [5.41, 5.74) is 1.21. The minimum Gasteiger partial charge on any atom is -0.314 e. The fraction of sp³-hybridized carbons (Fsp3) is 0.500. The first-order valence-corrected chi connectivity index (χ1v) is 6.14. The number of hydrogen-bond acceptors (Lipinski definition) is 1. The van der Waals surface area contributed by atoms with Crippen LogP contribution < -0.4 is 5.32 Å². The summed E-state index contributed by atoms with van der Waals surface area (Å²) in [5.74, 6) is 0.584. The Kier molecular flexibility index (Phi) is 3.55. The van der Waals surface area contributed by atoms with Gasteiger partial charge in [0.1, 0.15) is 0 Å². The lowest BCUT2D eigenvalue weighted by atomic mass is 9.76. The van der Waals surface area contributed by atoms with Crippen LogP contribution in [-0.2, 0) is 0 Å². The summed E-state index contributed by atoms with van der Waals surface area (Å²) in [5, 5.41) is 5.07. The van der Waals surface area contributed by atoms with Crippen LogP contribution in [-0.4, -0.2) is 12.6 Å². The van der Waals surface area contributed by atoms with Crippen molar-refractivity contribution in [2.75, 3.05) is 6.54 Å². The van der Waals surface area contributed by atoms with Gasteiger partial charge in [-0.3, -0.25) is 0 Å². The maximum atomic E-state index is 6.15. The monoisotopic (exact) mass is 243 g/mol. The number of benzene rings is 1. The molecule has 1 aliphatic carbocycles. The van der Waals surface area contributed by atoms with E-state index in [0.29, 0.717) is 12.0 Å². The highest BCUT2D eigenvalue weighted by Gasteiger charge is 2.30. The van der Waals surface area contributed by atoms with Crippen molar-refractivity contribution in [3.05, 3.63) is 33.8 Å². The predicted molar refractivity (Wildman–Crippen MR) is 65.9 cm³/mol. The third kappa shape index (κ3) is 2.47. The second kappa shape index (κ2) is 4.73. The van der Waals surface area contributed by atoms with Crippen LogP contribution >= 0.6 is 23.2 Å². The third-order valence-corrected chi connectivity index (χ3v) is 3.61. The van der Waals surface area contributed by atoms with E-state index in [2.05, 4.69) is 12.2 Å². The molecule has 1 aliphatic rings. The Morgan fingerprint density at radius 3 is 2.73 bits per heavy atom. The molecular weight excluding hydrogens is 229 g/mol. The zero-order chi connectivity index (χ0) is 10.8. The quantitative estimate of drug-likeness (QED) is 0.851. The molecular formula is C12H15Cl2N. The summed E-state index contributed by atoms with van der Waals surface area (Å²) >= 11 is 12.1. The highest BCUT2D eigenvalue weighted by Crippen LogP contribution is 2.40. The summed E-state index contributed by atoms with van der Waals surface area (Å²) in [6, 6.07) is 6.39. The molecule has 0 radical (unpaired) electrons. The van der Waals surface area contributed by atoms with Gasteiger partial charge in [-0.2, -0.15) is 0 Å². The summed E-state index contributed by atoms with van der Waals surface area (Å²) in [6.07, 6.45) is 2.35. The van der Waals surface area contributed by atoms with E-state index in [9.17, 15) is 0 Å². The van der Waals surface area contributed by atoms with Crippen LogP contribution in [0.2, 0.25) is 10.0 Å². The Balaban J connectivity index is 2.03. The highest BCUT2D eigenvalue weighted by atomic mass is 35.5. The van der Waals surface area contributed by atoms with E-state index in [0.717, 1.165) is 16.6 Å². The molecule has 0 unspecified atom stereocenters. The molecule has 82 valence electrons. The molecule has 1 fully saturated rings. The molecule has 15 heavy (non-hydrogen) atoms. The van der Waals surface area contributed by atoms with Gasteiger partial charge in [-0.25, -0.2) is 0 Å². The molecule has 1 aromatic carbocycles. The number of rotatable bonds is 3.